The molecule has 1 aliphatic heterocycles. The predicted molar refractivity (Wildman–Crippen MR) is 89.0 cm³/mol. The highest BCUT2D eigenvalue weighted by molar-refractivity contribution is 5.99. The third kappa shape index (κ3) is 5.75. The highest BCUT2D eigenvalue weighted by Gasteiger charge is 2.23. The number of carbonyl (C=O) groups is 2. The molecule has 0 bridgehead atoms. The van der Waals surface area contributed by atoms with Crippen molar-refractivity contribution in [3.8, 4) is 0 Å². The fourth-order valence-electron chi connectivity index (χ4n) is 1.85. The highest BCUT2D eigenvalue weighted by Crippen LogP contribution is 2.15. The van der Waals surface area contributed by atoms with Crippen LogP contribution in [0.3, 0.4) is 0 Å². The van der Waals surface area contributed by atoms with Crippen molar-refractivity contribution in [2.75, 3.05) is 18.5 Å². The van der Waals surface area contributed by atoms with Gasteiger partial charge in [-0.2, -0.15) is 0 Å². The maximum absolute atomic E-state index is 12.0. The number of rotatable bonds is 3. The van der Waals surface area contributed by atoms with Gasteiger partial charge in [0.05, 0.1) is 24.6 Å². The first-order valence-corrected chi connectivity index (χ1v) is 7.57. The molecule has 7 heteroatoms. The third-order valence-electron chi connectivity index (χ3n) is 2.84. The van der Waals surface area contributed by atoms with Crippen LogP contribution in [0.5, 0.6) is 0 Å². The highest BCUT2D eigenvalue weighted by atomic mass is 16.6. The van der Waals surface area contributed by atoms with Crippen LogP contribution in [-0.2, 0) is 14.3 Å². The van der Waals surface area contributed by atoms with Crippen LogP contribution in [0.25, 0.3) is 0 Å². The van der Waals surface area contributed by atoms with Crippen molar-refractivity contribution in [2.45, 2.75) is 26.4 Å². The zero-order valence-corrected chi connectivity index (χ0v) is 14.0. The molecule has 1 aliphatic rings. The van der Waals surface area contributed by atoms with Gasteiger partial charge >= 0.3 is 6.09 Å². The van der Waals surface area contributed by atoms with E-state index in [4.69, 9.17) is 9.47 Å². The molecule has 2 rings (SSSR count). The first kappa shape index (κ1) is 17.5. The average Bonchev–Trinajstić information content (AvgIpc) is 2.53. The van der Waals surface area contributed by atoms with Crippen molar-refractivity contribution in [3.05, 3.63) is 48.6 Å². The molecule has 0 aromatic carbocycles. The molecule has 0 aliphatic carbocycles. The molecule has 7 nitrogen and oxygen atoms in total. The lowest BCUT2D eigenvalue weighted by molar-refractivity contribution is -0.111. The Balaban J connectivity index is 1.95. The van der Waals surface area contributed by atoms with Gasteiger partial charge in [0, 0.05) is 12.3 Å². The van der Waals surface area contributed by atoms with E-state index in [0.29, 0.717) is 24.6 Å². The molecule has 0 fully saturated rings. The van der Waals surface area contributed by atoms with E-state index in [9.17, 15) is 9.59 Å². The minimum absolute atomic E-state index is 0.318. The quantitative estimate of drug-likeness (QED) is 0.861. The number of pyridine rings is 1. The first-order valence-electron chi connectivity index (χ1n) is 7.57. The number of hydrogen-bond acceptors (Lipinski definition) is 5. The zero-order valence-electron chi connectivity index (χ0n) is 14.0. The van der Waals surface area contributed by atoms with Crippen molar-refractivity contribution in [2.24, 2.45) is 0 Å². The van der Waals surface area contributed by atoms with Gasteiger partial charge in [0.25, 0.3) is 0 Å². The number of amides is 2. The van der Waals surface area contributed by atoms with Gasteiger partial charge in [0.1, 0.15) is 18.0 Å². The Morgan fingerprint density at radius 3 is 2.88 bits per heavy atom. The van der Waals surface area contributed by atoms with E-state index in [1.165, 1.54) is 23.3 Å². The van der Waals surface area contributed by atoms with Crippen LogP contribution in [0, 0.1) is 0 Å². The molecule has 0 atom stereocenters. The van der Waals surface area contributed by atoms with E-state index in [-0.39, 0.29) is 5.91 Å². The van der Waals surface area contributed by atoms with E-state index < -0.39 is 11.7 Å². The van der Waals surface area contributed by atoms with Crippen molar-refractivity contribution >= 4 is 17.7 Å². The van der Waals surface area contributed by atoms with Crippen molar-refractivity contribution in [1.82, 2.24) is 9.88 Å². The molecule has 2 heterocycles. The molecule has 1 aromatic rings. The zero-order chi connectivity index (χ0) is 17.6. The lowest BCUT2D eigenvalue weighted by atomic mass is 10.2. The Morgan fingerprint density at radius 2 is 2.21 bits per heavy atom. The lowest BCUT2D eigenvalue weighted by Crippen LogP contribution is -2.37. The molecule has 2 amide bonds. The second-order valence-corrected chi connectivity index (χ2v) is 6.12. The summed E-state index contributed by atoms with van der Waals surface area (Å²) >= 11 is 0. The molecule has 0 unspecified atom stereocenters. The molecule has 1 aromatic heterocycles. The number of hydrogen-bond donors (Lipinski definition) is 1. The molecule has 0 spiro atoms. The summed E-state index contributed by atoms with van der Waals surface area (Å²) < 4.78 is 10.7. The van der Waals surface area contributed by atoms with Crippen molar-refractivity contribution in [3.63, 3.8) is 0 Å². The van der Waals surface area contributed by atoms with E-state index in [0.717, 1.165) is 0 Å². The van der Waals surface area contributed by atoms with Gasteiger partial charge < -0.3 is 14.8 Å². The normalized spacial score (nSPS) is 14.8. The molecule has 128 valence electrons. The van der Waals surface area contributed by atoms with E-state index in [1.54, 1.807) is 45.3 Å². The van der Waals surface area contributed by atoms with E-state index in [1.807, 2.05) is 0 Å². The maximum Gasteiger partial charge on any atom is 0.414 e. The fraction of sp³-hybridized carbons (Fsp3) is 0.353. The standard InChI is InChI=1S/C17H21N3O4/c1-17(2,3)24-16(22)20-9-10-23-14(12-20)6-7-15(21)19-13-5-4-8-18-11-13/h4-8,11-12H,9-10H2,1-3H3,(H,19,21)/b7-6+. The number of nitrogens with one attached hydrogen (secondary N) is 1. The Hall–Kier alpha value is -2.83. The van der Waals surface area contributed by atoms with Crippen LogP contribution >= 0.6 is 0 Å². The van der Waals surface area contributed by atoms with Crippen LogP contribution in [0.4, 0.5) is 10.5 Å². The molecule has 0 saturated heterocycles. The third-order valence-corrected chi connectivity index (χ3v) is 2.84. The number of aromatic nitrogens is 1. The number of carbonyl (C=O) groups excluding carboxylic acids is 2. The monoisotopic (exact) mass is 331 g/mol. The van der Waals surface area contributed by atoms with Crippen molar-refractivity contribution < 1.29 is 19.1 Å². The second-order valence-electron chi connectivity index (χ2n) is 6.12. The first-order chi connectivity index (χ1) is 11.3. The smallest absolute Gasteiger partial charge is 0.414 e. The van der Waals surface area contributed by atoms with Crippen LogP contribution in [0.1, 0.15) is 20.8 Å². The Bertz CT molecular complexity index is 648. The van der Waals surface area contributed by atoms with Crippen molar-refractivity contribution in [1.29, 1.82) is 0 Å². The van der Waals surface area contributed by atoms with Gasteiger partial charge in [-0.25, -0.2) is 4.79 Å². The predicted octanol–water partition coefficient (Wildman–Crippen LogP) is 2.69. The minimum Gasteiger partial charge on any atom is -0.490 e. The number of ether oxygens (including phenoxy) is 2. The number of allylic oxidation sites excluding steroid dienone is 1. The average molecular weight is 331 g/mol. The van der Waals surface area contributed by atoms with Gasteiger partial charge in [-0.1, -0.05) is 0 Å². The largest absolute Gasteiger partial charge is 0.490 e. The second kappa shape index (κ2) is 7.63. The number of anilines is 1. The Morgan fingerprint density at radius 1 is 1.42 bits per heavy atom. The minimum atomic E-state index is -0.567. The molecule has 0 radical (unpaired) electrons. The van der Waals surface area contributed by atoms with Crippen LogP contribution in [-0.4, -0.2) is 40.6 Å². The summed E-state index contributed by atoms with van der Waals surface area (Å²) in [5, 5.41) is 2.67. The molecule has 1 N–H and O–H groups in total. The van der Waals surface area contributed by atoms with Gasteiger partial charge in [-0.05, 0) is 39.0 Å². The summed E-state index contributed by atoms with van der Waals surface area (Å²) in [5.41, 5.74) is 0.0316. The summed E-state index contributed by atoms with van der Waals surface area (Å²) in [7, 11) is 0. The summed E-state index contributed by atoms with van der Waals surface area (Å²) in [5.74, 6) is 0.0929. The Labute approximate surface area is 141 Å². The molecular weight excluding hydrogens is 310 g/mol. The molecule has 24 heavy (non-hydrogen) atoms. The fourth-order valence-corrected chi connectivity index (χ4v) is 1.85. The van der Waals surface area contributed by atoms with Crippen LogP contribution in [0.2, 0.25) is 0 Å². The van der Waals surface area contributed by atoms with E-state index >= 15 is 0 Å². The van der Waals surface area contributed by atoms with Gasteiger partial charge in [-0.3, -0.25) is 14.7 Å². The van der Waals surface area contributed by atoms with Gasteiger partial charge in [-0.15, -0.1) is 0 Å². The van der Waals surface area contributed by atoms with Gasteiger partial charge in [0.2, 0.25) is 5.91 Å². The van der Waals surface area contributed by atoms with Crippen LogP contribution < -0.4 is 5.32 Å². The SMILES string of the molecule is CC(C)(C)OC(=O)N1C=C(/C=C/C(=O)Nc2cccnc2)OCC1. The lowest BCUT2D eigenvalue weighted by Gasteiger charge is -2.28. The van der Waals surface area contributed by atoms with E-state index in [2.05, 4.69) is 10.3 Å². The van der Waals surface area contributed by atoms with Gasteiger partial charge in [0.15, 0.2) is 0 Å². The molecule has 0 saturated carbocycles. The molecular formula is C17H21N3O4. The summed E-state index contributed by atoms with van der Waals surface area (Å²) in [6.07, 6.45) is 7.08. The summed E-state index contributed by atoms with van der Waals surface area (Å²) in [4.78, 5) is 29.2. The van der Waals surface area contributed by atoms with Crippen LogP contribution in [0.15, 0.2) is 48.6 Å². The summed E-state index contributed by atoms with van der Waals surface area (Å²) in [6, 6.07) is 3.46. The maximum atomic E-state index is 12.0. The summed E-state index contributed by atoms with van der Waals surface area (Å²) in [6.45, 7) is 6.14. The number of nitrogens with zero attached hydrogens (tertiary/aromatic N) is 2. The Kier molecular flexibility index (Phi) is 5.57. The topological polar surface area (TPSA) is 80.8 Å².